The molecule has 2 aliphatic rings. The maximum atomic E-state index is 12.9. The van der Waals surface area contributed by atoms with Crippen molar-refractivity contribution in [1.29, 1.82) is 0 Å². The second kappa shape index (κ2) is 15.2. The van der Waals surface area contributed by atoms with E-state index in [1.165, 1.54) is 56.7 Å². The molecule has 17 heteroatoms. The minimum Gasteiger partial charge on any atom is -0.508 e. The number of aliphatic hydroxyl groups is 6. The molecule has 17 nitrogen and oxygen atoms in total. The highest BCUT2D eigenvalue weighted by Gasteiger charge is 2.60. The van der Waals surface area contributed by atoms with Gasteiger partial charge in [-0.2, -0.15) is 0 Å². The van der Waals surface area contributed by atoms with E-state index in [4.69, 9.17) is 33.2 Å². The second-order valence-electron chi connectivity index (χ2n) is 10.5. The van der Waals surface area contributed by atoms with Gasteiger partial charge in [0.15, 0.2) is 23.9 Å². The summed E-state index contributed by atoms with van der Waals surface area (Å²) in [7, 11) is 2.62. The Morgan fingerprint density at radius 1 is 0.894 bits per heavy atom. The quantitative estimate of drug-likeness (QED) is 0.0913. The molecule has 2 saturated heterocycles. The summed E-state index contributed by atoms with van der Waals surface area (Å²) in [6.07, 6.45) is -12.1. The fourth-order valence-corrected chi connectivity index (χ4v) is 4.94. The van der Waals surface area contributed by atoms with Crippen LogP contribution in [0.2, 0.25) is 0 Å². The van der Waals surface area contributed by atoms with Crippen LogP contribution in [0.15, 0.2) is 42.5 Å². The Hall–Kier alpha value is -4.04. The Labute approximate surface area is 267 Å². The van der Waals surface area contributed by atoms with Crippen LogP contribution in [0.5, 0.6) is 23.0 Å². The predicted molar refractivity (Wildman–Crippen MR) is 154 cm³/mol. The number of hydrogen-bond donors (Lipinski definition) is 8. The van der Waals surface area contributed by atoms with Gasteiger partial charge in [-0.3, -0.25) is 0 Å². The topological polar surface area (TPSA) is 261 Å². The maximum absolute atomic E-state index is 12.9. The summed E-state index contributed by atoms with van der Waals surface area (Å²) in [5.74, 6) is -4.73. The lowest BCUT2D eigenvalue weighted by Crippen LogP contribution is -2.63. The molecule has 4 rings (SSSR count). The molecule has 0 spiro atoms. The van der Waals surface area contributed by atoms with Gasteiger partial charge in [0, 0.05) is 6.08 Å². The molecule has 0 aliphatic carbocycles. The number of aliphatic hydroxyl groups excluding tert-OH is 6. The summed E-state index contributed by atoms with van der Waals surface area (Å²) in [5.41, 5.74) is 0.379. The molecule has 9 atom stereocenters. The van der Waals surface area contributed by atoms with Gasteiger partial charge < -0.3 is 74.0 Å². The largest absolute Gasteiger partial charge is 0.508 e. The Balaban J connectivity index is 1.51. The highest BCUT2D eigenvalue weighted by molar-refractivity contribution is 5.89. The molecule has 0 saturated carbocycles. The Kier molecular flexibility index (Phi) is 11.6. The van der Waals surface area contributed by atoms with Gasteiger partial charge in [-0.1, -0.05) is 0 Å². The van der Waals surface area contributed by atoms with Gasteiger partial charge in [0.1, 0.15) is 55.6 Å². The fraction of sp³-hybridized carbons (Fsp3) is 0.467. The zero-order valence-electron chi connectivity index (χ0n) is 25.1. The van der Waals surface area contributed by atoms with Gasteiger partial charge in [0.05, 0.1) is 26.4 Å². The summed E-state index contributed by atoms with van der Waals surface area (Å²) in [6.45, 7) is -2.62. The van der Waals surface area contributed by atoms with E-state index in [9.17, 15) is 50.4 Å². The summed E-state index contributed by atoms with van der Waals surface area (Å²) >= 11 is 0. The van der Waals surface area contributed by atoms with Crippen molar-refractivity contribution in [2.24, 2.45) is 0 Å². The number of phenolic OH excluding ortho intramolecular Hbond substituents is 2. The van der Waals surface area contributed by atoms with Crippen molar-refractivity contribution in [2.45, 2.75) is 54.8 Å². The number of benzene rings is 2. The molecule has 8 N–H and O–H groups in total. The SMILES string of the molecule is COc1cc(/C=C/C(=O)OC2C(O)C(CO)OC2(CO)OC2OC(COC(=O)c3ccc(O)cc3)C(O)C(O)C2O)cc(OC)c1O. The third-order valence-electron chi connectivity index (χ3n) is 7.50. The normalized spacial score (nSPS) is 30.6. The van der Waals surface area contributed by atoms with E-state index in [1.807, 2.05) is 0 Å². The minimum atomic E-state index is -2.48. The van der Waals surface area contributed by atoms with E-state index in [-0.39, 0.29) is 28.6 Å². The van der Waals surface area contributed by atoms with Crippen LogP contribution < -0.4 is 9.47 Å². The van der Waals surface area contributed by atoms with Crippen molar-refractivity contribution in [1.82, 2.24) is 0 Å². The molecule has 2 aromatic carbocycles. The third-order valence-corrected chi connectivity index (χ3v) is 7.50. The number of ether oxygens (including phenoxy) is 7. The van der Waals surface area contributed by atoms with E-state index in [0.717, 1.165) is 6.08 Å². The van der Waals surface area contributed by atoms with E-state index in [1.54, 1.807) is 0 Å². The first kappa shape index (κ1) is 35.8. The maximum Gasteiger partial charge on any atom is 0.338 e. The van der Waals surface area contributed by atoms with Crippen LogP contribution in [-0.4, -0.2) is 142 Å². The first-order chi connectivity index (χ1) is 22.4. The molecule has 2 fully saturated rings. The molecule has 47 heavy (non-hydrogen) atoms. The van der Waals surface area contributed by atoms with Crippen molar-refractivity contribution in [3.05, 3.63) is 53.6 Å². The van der Waals surface area contributed by atoms with Gasteiger partial charge in [-0.25, -0.2) is 9.59 Å². The lowest BCUT2D eigenvalue weighted by Gasteiger charge is -2.43. The number of hydrogen-bond acceptors (Lipinski definition) is 17. The van der Waals surface area contributed by atoms with E-state index in [0.29, 0.717) is 5.56 Å². The number of carbonyl (C=O) groups excluding carboxylic acids is 2. The molecule has 0 aromatic heterocycles. The minimum absolute atomic E-state index is 0.0437. The van der Waals surface area contributed by atoms with Crippen LogP contribution in [0.25, 0.3) is 6.08 Å². The fourth-order valence-electron chi connectivity index (χ4n) is 4.94. The number of methoxy groups -OCH3 is 2. The van der Waals surface area contributed by atoms with E-state index >= 15 is 0 Å². The average molecular weight is 669 g/mol. The van der Waals surface area contributed by atoms with Crippen LogP contribution in [0.1, 0.15) is 15.9 Å². The van der Waals surface area contributed by atoms with Crippen LogP contribution in [-0.2, 0) is 28.5 Å². The van der Waals surface area contributed by atoms with Crippen molar-refractivity contribution < 1.29 is 83.6 Å². The lowest BCUT2D eigenvalue weighted by molar-refractivity contribution is -0.383. The molecule has 0 radical (unpaired) electrons. The van der Waals surface area contributed by atoms with Crippen molar-refractivity contribution in [3.63, 3.8) is 0 Å². The monoisotopic (exact) mass is 668 g/mol. The first-order valence-corrected chi connectivity index (χ1v) is 14.1. The molecule has 2 heterocycles. The molecule has 9 unspecified atom stereocenters. The van der Waals surface area contributed by atoms with Gasteiger partial charge in [0.2, 0.25) is 11.5 Å². The summed E-state index contributed by atoms with van der Waals surface area (Å²) in [6, 6.07) is 7.83. The third kappa shape index (κ3) is 7.75. The van der Waals surface area contributed by atoms with Crippen LogP contribution >= 0.6 is 0 Å². The van der Waals surface area contributed by atoms with E-state index < -0.39 is 86.6 Å². The summed E-state index contributed by atoms with van der Waals surface area (Å²) in [5, 5.41) is 82.1. The Morgan fingerprint density at radius 3 is 2.11 bits per heavy atom. The Bertz CT molecular complexity index is 1390. The summed E-state index contributed by atoms with van der Waals surface area (Å²) < 4.78 is 37.5. The van der Waals surface area contributed by atoms with Gasteiger partial charge in [-0.15, -0.1) is 0 Å². The van der Waals surface area contributed by atoms with Gasteiger partial charge >= 0.3 is 11.9 Å². The zero-order valence-corrected chi connectivity index (χ0v) is 25.1. The highest BCUT2D eigenvalue weighted by Crippen LogP contribution is 2.39. The molecule has 258 valence electrons. The smallest absolute Gasteiger partial charge is 0.338 e. The first-order valence-electron chi connectivity index (χ1n) is 14.1. The van der Waals surface area contributed by atoms with Crippen molar-refractivity contribution >= 4 is 18.0 Å². The lowest BCUT2D eigenvalue weighted by atomic mass is 9.98. The van der Waals surface area contributed by atoms with Crippen molar-refractivity contribution in [3.8, 4) is 23.0 Å². The molecule has 0 bridgehead atoms. The number of rotatable bonds is 12. The standard InChI is InChI=1S/C30H36O17/c1-41-17-9-14(10-18(42-2)22(17)35)3-8-21(34)45-27-24(37)19(11-31)46-30(27,13-32)47-29-26(39)25(38)23(36)20(44-29)12-43-28(40)15-4-6-16(33)7-5-15/h3-10,19-20,23-27,29,31-33,35-39H,11-13H2,1-2H3/b8-3+. The molecular weight excluding hydrogens is 632 g/mol. The van der Waals surface area contributed by atoms with Gasteiger partial charge in [-0.05, 0) is 48.0 Å². The number of phenols is 2. The number of esters is 2. The number of carbonyl (C=O) groups is 2. The number of aromatic hydroxyl groups is 2. The summed E-state index contributed by atoms with van der Waals surface area (Å²) in [4.78, 5) is 25.3. The Morgan fingerprint density at radius 2 is 1.53 bits per heavy atom. The zero-order chi connectivity index (χ0) is 34.5. The predicted octanol–water partition coefficient (Wildman–Crippen LogP) is -1.84. The van der Waals surface area contributed by atoms with Gasteiger partial charge in [0.25, 0.3) is 0 Å². The van der Waals surface area contributed by atoms with Crippen LogP contribution in [0, 0.1) is 0 Å². The molecule has 2 aromatic rings. The second-order valence-corrected chi connectivity index (χ2v) is 10.5. The van der Waals surface area contributed by atoms with Crippen LogP contribution in [0.4, 0.5) is 0 Å². The van der Waals surface area contributed by atoms with Crippen molar-refractivity contribution in [2.75, 3.05) is 34.0 Å². The molecule has 0 amide bonds. The highest BCUT2D eigenvalue weighted by atomic mass is 16.8. The average Bonchev–Trinajstić information content (AvgIpc) is 3.33. The van der Waals surface area contributed by atoms with Crippen LogP contribution in [0.3, 0.4) is 0 Å². The van der Waals surface area contributed by atoms with E-state index in [2.05, 4.69) is 0 Å². The molecular formula is C30H36O17. The molecule has 2 aliphatic heterocycles.